The van der Waals surface area contributed by atoms with Crippen molar-refractivity contribution < 1.29 is 27.4 Å². The fourth-order valence-corrected chi connectivity index (χ4v) is 11.2. The predicted octanol–water partition coefficient (Wildman–Crippen LogP) is 6.00. The van der Waals surface area contributed by atoms with E-state index < -0.39 is 10.1 Å². The first-order chi connectivity index (χ1) is 18.3. The zero-order chi connectivity index (χ0) is 28.3. The van der Waals surface area contributed by atoms with Gasteiger partial charge in [0.25, 0.3) is 0 Å². The number of nitrogens with one attached hydrogen (secondary N) is 1. The second-order valence-electron chi connectivity index (χ2n) is 13.4. The van der Waals surface area contributed by atoms with Crippen LogP contribution < -0.4 is 5.32 Å². The first-order valence-electron chi connectivity index (χ1n) is 14.7. The van der Waals surface area contributed by atoms with Crippen molar-refractivity contribution in [3.63, 3.8) is 0 Å². The van der Waals surface area contributed by atoms with Crippen molar-refractivity contribution in [3.8, 4) is 0 Å². The number of carbonyl (C=O) groups is 3. The molecular formula is C30H43NO6S2. The van der Waals surface area contributed by atoms with Crippen molar-refractivity contribution in [2.24, 2.45) is 46.3 Å². The summed E-state index contributed by atoms with van der Waals surface area (Å²) in [5.74, 6) is 2.20. The second kappa shape index (κ2) is 10.4. The van der Waals surface area contributed by atoms with Crippen molar-refractivity contribution in [3.05, 3.63) is 17.0 Å². The van der Waals surface area contributed by atoms with Crippen LogP contribution in [0.4, 0.5) is 0 Å². The van der Waals surface area contributed by atoms with Gasteiger partial charge in [0, 0.05) is 36.5 Å². The molecule has 0 aromatic carbocycles. The van der Waals surface area contributed by atoms with Crippen LogP contribution in [0.1, 0.15) is 103 Å². The third kappa shape index (κ3) is 5.05. The average Bonchev–Trinajstić information content (AvgIpc) is 3.48. The molecule has 9 heteroatoms. The highest BCUT2D eigenvalue weighted by atomic mass is 32.3. The zero-order valence-corrected chi connectivity index (χ0v) is 25.2. The number of fused-ring (bicyclic) bond motifs is 5. The molecule has 1 unspecified atom stereocenters. The Morgan fingerprint density at radius 3 is 2.49 bits per heavy atom. The molecule has 9 atom stereocenters. The first kappa shape index (κ1) is 28.9. The van der Waals surface area contributed by atoms with Crippen LogP contribution in [0.25, 0.3) is 0 Å². The van der Waals surface area contributed by atoms with E-state index in [1.807, 2.05) is 6.92 Å². The molecule has 0 bridgehead atoms. The van der Waals surface area contributed by atoms with Crippen molar-refractivity contribution in [2.75, 3.05) is 0 Å². The Bertz CT molecular complexity index is 1260. The van der Waals surface area contributed by atoms with E-state index in [2.05, 4.69) is 26.1 Å². The molecular weight excluding hydrogens is 534 g/mol. The van der Waals surface area contributed by atoms with Crippen LogP contribution in [0.5, 0.6) is 0 Å². The Balaban J connectivity index is 1.26. The lowest BCUT2D eigenvalue weighted by atomic mass is 9.44. The number of carbonyl (C=O) groups excluding carboxylic acids is 3. The topological polar surface area (TPSA) is 118 Å². The van der Waals surface area contributed by atoms with Gasteiger partial charge in [-0.3, -0.25) is 18.9 Å². The highest BCUT2D eigenvalue weighted by Gasteiger charge is 2.63. The van der Waals surface area contributed by atoms with E-state index in [1.54, 1.807) is 6.07 Å². The standard InChI is InChI=1S/C30H43NO6S2/c1-5-23(25-8-9-27(38-25)39(35,36)37)31-26(34)14-17(2)20-6-7-21-28-22(11-13-30(20,21)4)29(3)12-10-19(32)15-18(29)16-24(28)33/h8-9,17-18,20-23,28H,5-7,10-16H2,1-4H3,(H,31,34)(H,35,36,37)/t17-,18+,20?,21+,22+,23-,28+,29+,30-/m1/s1. The van der Waals surface area contributed by atoms with E-state index in [-0.39, 0.29) is 44.7 Å². The van der Waals surface area contributed by atoms with E-state index in [9.17, 15) is 27.4 Å². The molecule has 0 saturated heterocycles. The Morgan fingerprint density at radius 2 is 1.82 bits per heavy atom. The summed E-state index contributed by atoms with van der Waals surface area (Å²) in [7, 11) is -4.26. The number of rotatable bonds is 7. The molecule has 1 aromatic heterocycles. The van der Waals surface area contributed by atoms with Gasteiger partial charge in [-0.05, 0) is 91.1 Å². The highest BCUT2D eigenvalue weighted by Crippen LogP contribution is 2.67. The summed E-state index contributed by atoms with van der Waals surface area (Å²) in [5, 5.41) is 3.09. The van der Waals surface area contributed by atoms with Gasteiger partial charge in [-0.1, -0.05) is 27.7 Å². The summed E-state index contributed by atoms with van der Waals surface area (Å²) in [5.41, 5.74) is 0.121. The second-order valence-corrected chi connectivity index (χ2v) is 16.2. The maximum absolute atomic E-state index is 13.6. The summed E-state index contributed by atoms with van der Waals surface area (Å²) in [4.78, 5) is 39.7. The largest absolute Gasteiger partial charge is 0.348 e. The Kier molecular flexibility index (Phi) is 7.68. The summed E-state index contributed by atoms with van der Waals surface area (Å²) < 4.78 is 32.2. The van der Waals surface area contributed by atoms with Crippen molar-refractivity contribution >= 4 is 38.9 Å². The third-order valence-electron chi connectivity index (χ3n) is 11.5. The lowest BCUT2D eigenvalue weighted by molar-refractivity contribution is -0.159. The number of ketones is 2. The maximum atomic E-state index is 13.6. The minimum atomic E-state index is -4.26. The van der Waals surface area contributed by atoms with Crippen molar-refractivity contribution in [1.82, 2.24) is 5.32 Å². The molecule has 0 radical (unpaired) electrons. The minimum Gasteiger partial charge on any atom is -0.348 e. The molecule has 4 aliphatic carbocycles. The molecule has 39 heavy (non-hydrogen) atoms. The van der Waals surface area contributed by atoms with Crippen LogP contribution in [-0.4, -0.2) is 30.4 Å². The summed E-state index contributed by atoms with van der Waals surface area (Å²) in [6, 6.07) is 2.73. The van der Waals surface area contributed by atoms with Crippen LogP contribution in [0.3, 0.4) is 0 Å². The number of amides is 1. The lowest BCUT2D eigenvalue weighted by Crippen LogP contribution is -2.57. The van der Waals surface area contributed by atoms with Gasteiger partial charge in [0.2, 0.25) is 5.91 Å². The summed E-state index contributed by atoms with van der Waals surface area (Å²) >= 11 is 0.988. The quantitative estimate of drug-likeness (QED) is 0.384. The van der Waals surface area contributed by atoms with E-state index in [4.69, 9.17) is 0 Å². The molecule has 4 saturated carbocycles. The van der Waals surface area contributed by atoms with Crippen LogP contribution >= 0.6 is 11.3 Å². The van der Waals surface area contributed by atoms with Gasteiger partial charge >= 0.3 is 10.1 Å². The maximum Gasteiger partial charge on any atom is 0.304 e. The average molecular weight is 578 g/mol. The zero-order valence-electron chi connectivity index (χ0n) is 23.6. The van der Waals surface area contributed by atoms with Gasteiger partial charge in [0.05, 0.1) is 6.04 Å². The van der Waals surface area contributed by atoms with Gasteiger partial charge in [-0.25, -0.2) is 0 Å². The van der Waals surface area contributed by atoms with Gasteiger partial charge in [0.1, 0.15) is 15.8 Å². The number of hydrogen-bond acceptors (Lipinski definition) is 6. The molecule has 1 aromatic rings. The Labute approximate surface area is 236 Å². The molecule has 4 aliphatic rings. The molecule has 0 spiro atoms. The molecule has 7 nitrogen and oxygen atoms in total. The van der Waals surface area contributed by atoms with Crippen LogP contribution in [-0.2, 0) is 24.5 Å². The van der Waals surface area contributed by atoms with Crippen LogP contribution in [0.2, 0.25) is 0 Å². The van der Waals surface area contributed by atoms with E-state index in [0.717, 1.165) is 43.4 Å². The van der Waals surface area contributed by atoms with Crippen LogP contribution in [0, 0.1) is 46.3 Å². The Hall–Kier alpha value is -1.58. The lowest BCUT2D eigenvalue weighted by Gasteiger charge is -2.59. The highest BCUT2D eigenvalue weighted by molar-refractivity contribution is 7.88. The summed E-state index contributed by atoms with van der Waals surface area (Å²) in [6.45, 7) is 8.83. The van der Waals surface area contributed by atoms with Gasteiger partial charge in [-0.2, -0.15) is 8.42 Å². The minimum absolute atomic E-state index is 0.0342. The first-order valence-corrected chi connectivity index (χ1v) is 16.9. The molecule has 4 fully saturated rings. The molecule has 0 aliphatic heterocycles. The molecule has 1 heterocycles. The van der Waals surface area contributed by atoms with Gasteiger partial charge in [0.15, 0.2) is 0 Å². The number of hydrogen-bond donors (Lipinski definition) is 2. The predicted molar refractivity (Wildman–Crippen MR) is 150 cm³/mol. The normalized spacial score (nSPS) is 37.9. The fraction of sp³-hybridized carbons (Fsp3) is 0.767. The SMILES string of the molecule is CC[C@@H](NC(=O)C[C@@H](C)C1CC[C@H]2[C@@H]3C(=O)C[C@@H]4CC(=O)CC[C@]4(C)[C@H]3CC[C@]12C)c1ccc(S(=O)(=O)O)s1. The number of thiophene rings is 1. The monoisotopic (exact) mass is 577 g/mol. The van der Waals surface area contributed by atoms with Gasteiger partial charge < -0.3 is 5.32 Å². The molecule has 216 valence electrons. The fourth-order valence-electron chi connectivity index (χ4n) is 9.42. The van der Waals surface area contributed by atoms with Crippen molar-refractivity contribution in [1.29, 1.82) is 0 Å². The molecule has 1 amide bonds. The summed E-state index contributed by atoms with van der Waals surface area (Å²) in [6.07, 6.45) is 7.88. The van der Waals surface area contributed by atoms with E-state index >= 15 is 0 Å². The Morgan fingerprint density at radius 1 is 1.10 bits per heavy atom. The third-order valence-corrected chi connectivity index (χ3v) is 14.0. The molecule has 2 N–H and O–H groups in total. The molecule has 5 rings (SSSR count). The van der Waals surface area contributed by atoms with E-state index in [1.165, 1.54) is 6.07 Å². The van der Waals surface area contributed by atoms with Crippen molar-refractivity contribution in [2.45, 2.75) is 102 Å². The van der Waals surface area contributed by atoms with Gasteiger partial charge in [-0.15, -0.1) is 11.3 Å². The van der Waals surface area contributed by atoms with E-state index in [0.29, 0.717) is 66.3 Å². The van der Waals surface area contributed by atoms with Crippen LogP contribution in [0.15, 0.2) is 16.3 Å². The number of Topliss-reactive ketones (excluding diaryl/α,β-unsaturated/α-hetero) is 2. The smallest absolute Gasteiger partial charge is 0.304 e.